The Morgan fingerprint density at radius 3 is 2.74 bits per heavy atom. The Morgan fingerprint density at radius 2 is 2.04 bits per heavy atom. The summed E-state index contributed by atoms with van der Waals surface area (Å²) in [7, 11) is -1.69. The number of hydrogen-bond donors (Lipinski definition) is 2. The first-order valence-corrected chi connectivity index (χ1v) is 10.8. The summed E-state index contributed by atoms with van der Waals surface area (Å²) in [5.74, 6) is 0.766. The van der Waals surface area contributed by atoms with E-state index in [9.17, 15) is 0 Å². The van der Waals surface area contributed by atoms with Gasteiger partial charge in [-0.25, -0.2) is 15.0 Å². The van der Waals surface area contributed by atoms with Gasteiger partial charge >= 0.3 is 0 Å². The van der Waals surface area contributed by atoms with Crippen LogP contribution in [0, 0.1) is 0 Å². The van der Waals surface area contributed by atoms with Crippen molar-refractivity contribution in [1.29, 1.82) is 0 Å². The van der Waals surface area contributed by atoms with Crippen LogP contribution >= 0.6 is 0 Å². The van der Waals surface area contributed by atoms with Crippen LogP contribution in [0.1, 0.15) is 27.7 Å². The van der Waals surface area contributed by atoms with Crippen LogP contribution in [0.3, 0.4) is 0 Å². The van der Waals surface area contributed by atoms with Crippen molar-refractivity contribution in [3.63, 3.8) is 0 Å². The van der Waals surface area contributed by atoms with Crippen molar-refractivity contribution >= 4 is 25.3 Å². The lowest BCUT2D eigenvalue weighted by Gasteiger charge is -2.36. The van der Waals surface area contributed by atoms with Gasteiger partial charge in [0.05, 0.1) is 12.9 Å². The Labute approximate surface area is 138 Å². The highest BCUT2D eigenvalue weighted by Crippen LogP contribution is 2.36. The van der Waals surface area contributed by atoms with Crippen LogP contribution < -0.4 is 5.32 Å². The summed E-state index contributed by atoms with van der Waals surface area (Å²) < 4.78 is 6.22. The predicted molar refractivity (Wildman–Crippen MR) is 97.1 cm³/mol. The fourth-order valence-electron chi connectivity index (χ4n) is 1.79. The zero-order chi connectivity index (χ0) is 17.1. The predicted octanol–water partition coefficient (Wildman–Crippen LogP) is 3.73. The van der Waals surface area contributed by atoms with E-state index >= 15 is 0 Å². The zero-order valence-corrected chi connectivity index (χ0v) is 15.9. The minimum atomic E-state index is -1.69. The minimum absolute atomic E-state index is 0.235. The Balaban J connectivity index is 1.89. The van der Waals surface area contributed by atoms with E-state index in [4.69, 9.17) is 4.43 Å². The molecule has 0 saturated heterocycles. The van der Waals surface area contributed by atoms with Gasteiger partial charge in [0, 0.05) is 6.54 Å². The number of nitrogens with one attached hydrogen (secondary N) is 2. The van der Waals surface area contributed by atoms with Gasteiger partial charge in [0.2, 0.25) is 0 Å². The second kappa shape index (κ2) is 6.80. The van der Waals surface area contributed by atoms with Gasteiger partial charge in [0.15, 0.2) is 19.8 Å². The second-order valence-corrected chi connectivity index (χ2v) is 12.1. The van der Waals surface area contributed by atoms with Gasteiger partial charge in [0.25, 0.3) is 0 Å². The molecule has 0 amide bonds. The average Bonchev–Trinajstić information content (AvgIpc) is 2.93. The van der Waals surface area contributed by atoms with Crippen LogP contribution in [-0.4, -0.2) is 41.4 Å². The van der Waals surface area contributed by atoms with E-state index in [1.165, 1.54) is 11.9 Å². The molecule has 23 heavy (non-hydrogen) atoms. The van der Waals surface area contributed by atoms with Crippen LogP contribution in [0.15, 0.2) is 24.3 Å². The van der Waals surface area contributed by atoms with E-state index in [0.29, 0.717) is 18.8 Å². The Morgan fingerprint density at radius 1 is 1.30 bits per heavy atom. The molecule has 2 heterocycles. The van der Waals surface area contributed by atoms with Gasteiger partial charge in [-0.1, -0.05) is 32.4 Å². The van der Waals surface area contributed by atoms with Gasteiger partial charge in [-0.3, -0.25) is 0 Å². The highest BCUT2D eigenvalue weighted by molar-refractivity contribution is 6.74. The van der Waals surface area contributed by atoms with Crippen LogP contribution in [0.2, 0.25) is 18.1 Å². The molecule has 2 aromatic rings. The molecule has 6 nitrogen and oxygen atoms in total. The first-order chi connectivity index (χ1) is 10.7. The number of aromatic amines is 1. The lowest BCUT2D eigenvalue weighted by molar-refractivity contribution is 0.318. The summed E-state index contributed by atoms with van der Waals surface area (Å²) in [4.78, 5) is 15.5. The summed E-state index contributed by atoms with van der Waals surface area (Å²) in [6, 6.07) is 0. The van der Waals surface area contributed by atoms with Crippen molar-refractivity contribution < 1.29 is 4.43 Å². The van der Waals surface area contributed by atoms with E-state index in [2.05, 4.69) is 72.1 Å². The standard InChI is InChI=1S/C16H27N5OSi/c1-12(9-22-23(5,6)16(2,3)4)7-8-17-14-13-15(19-10-18-13)21-11-20-14/h7,10-11H,8-9H2,1-6H3,(H2,17,18,19,20,21)/b12-7+. The van der Waals surface area contributed by atoms with Crippen LogP contribution in [0.25, 0.3) is 11.2 Å². The van der Waals surface area contributed by atoms with Gasteiger partial charge < -0.3 is 14.7 Å². The molecular weight excluding hydrogens is 306 g/mol. The molecule has 2 aromatic heterocycles. The lowest BCUT2D eigenvalue weighted by atomic mass is 10.2. The Bertz CT molecular complexity index is 687. The largest absolute Gasteiger partial charge is 0.413 e. The SMILES string of the molecule is C/C(=C\CNc1ncnc2nc[nH]c12)CO[Si](C)(C)C(C)(C)C. The topological polar surface area (TPSA) is 75.7 Å². The molecule has 0 radical (unpaired) electrons. The maximum atomic E-state index is 6.22. The van der Waals surface area contributed by atoms with Crippen molar-refractivity contribution in [2.24, 2.45) is 0 Å². The Hall–Kier alpha value is -1.73. The maximum Gasteiger partial charge on any atom is 0.192 e. The van der Waals surface area contributed by atoms with Crippen molar-refractivity contribution in [3.8, 4) is 0 Å². The molecule has 0 spiro atoms. The van der Waals surface area contributed by atoms with Gasteiger partial charge in [-0.2, -0.15) is 0 Å². The normalized spacial score (nSPS) is 13.6. The van der Waals surface area contributed by atoms with Crippen molar-refractivity contribution in [2.45, 2.75) is 45.8 Å². The molecule has 0 fully saturated rings. The molecule has 0 aliphatic heterocycles. The molecular formula is C16H27N5OSi. The molecule has 0 saturated carbocycles. The second-order valence-electron chi connectivity index (χ2n) is 7.30. The molecule has 2 rings (SSSR count). The maximum absolute atomic E-state index is 6.22. The van der Waals surface area contributed by atoms with E-state index < -0.39 is 8.32 Å². The highest BCUT2D eigenvalue weighted by Gasteiger charge is 2.36. The lowest BCUT2D eigenvalue weighted by Crippen LogP contribution is -2.41. The summed E-state index contributed by atoms with van der Waals surface area (Å²) in [6.07, 6.45) is 5.28. The molecule has 2 N–H and O–H groups in total. The first-order valence-electron chi connectivity index (χ1n) is 7.88. The summed E-state index contributed by atoms with van der Waals surface area (Å²) in [5.41, 5.74) is 2.72. The van der Waals surface area contributed by atoms with E-state index in [1.54, 1.807) is 6.33 Å². The Kier molecular flexibility index (Phi) is 5.21. The van der Waals surface area contributed by atoms with E-state index in [-0.39, 0.29) is 5.04 Å². The van der Waals surface area contributed by atoms with Gasteiger partial charge in [-0.15, -0.1) is 0 Å². The molecule has 0 aromatic carbocycles. The monoisotopic (exact) mass is 333 g/mol. The zero-order valence-electron chi connectivity index (χ0n) is 14.9. The van der Waals surface area contributed by atoms with Crippen LogP contribution in [-0.2, 0) is 4.43 Å². The van der Waals surface area contributed by atoms with Crippen molar-refractivity contribution in [1.82, 2.24) is 19.9 Å². The third-order valence-electron chi connectivity index (χ3n) is 4.41. The number of aromatic nitrogens is 4. The number of nitrogens with zero attached hydrogens (tertiary/aromatic N) is 3. The number of fused-ring (bicyclic) bond motifs is 1. The van der Waals surface area contributed by atoms with E-state index in [0.717, 1.165) is 11.3 Å². The fraction of sp³-hybridized carbons (Fsp3) is 0.562. The van der Waals surface area contributed by atoms with Crippen LogP contribution in [0.5, 0.6) is 0 Å². The number of rotatable bonds is 6. The summed E-state index contributed by atoms with van der Waals surface area (Å²) in [5, 5.41) is 3.52. The molecule has 0 aliphatic rings. The molecule has 7 heteroatoms. The molecule has 0 aliphatic carbocycles. The van der Waals surface area contributed by atoms with E-state index in [1.807, 2.05) is 0 Å². The molecule has 0 atom stereocenters. The van der Waals surface area contributed by atoms with Crippen molar-refractivity contribution in [2.75, 3.05) is 18.5 Å². The van der Waals surface area contributed by atoms with Gasteiger partial charge in [-0.05, 0) is 25.1 Å². The fourth-order valence-corrected chi connectivity index (χ4v) is 2.81. The third-order valence-corrected chi connectivity index (χ3v) is 8.89. The quantitative estimate of drug-likeness (QED) is 0.622. The van der Waals surface area contributed by atoms with Crippen LogP contribution in [0.4, 0.5) is 5.82 Å². The van der Waals surface area contributed by atoms with Crippen molar-refractivity contribution in [3.05, 3.63) is 24.3 Å². The number of imidazole rings is 1. The third kappa shape index (κ3) is 4.39. The summed E-state index contributed by atoms with van der Waals surface area (Å²) >= 11 is 0. The highest BCUT2D eigenvalue weighted by atomic mass is 28.4. The first kappa shape index (κ1) is 17.6. The molecule has 0 bridgehead atoms. The number of H-pyrrole nitrogens is 1. The van der Waals surface area contributed by atoms with Gasteiger partial charge in [0.1, 0.15) is 11.8 Å². The number of hydrogen-bond acceptors (Lipinski definition) is 5. The summed E-state index contributed by atoms with van der Waals surface area (Å²) in [6.45, 7) is 14.8. The smallest absolute Gasteiger partial charge is 0.192 e. The minimum Gasteiger partial charge on any atom is -0.413 e. The molecule has 0 unspecified atom stereocenters. The number of anilines is 1. The molecule has 126 valence electrons. The average molecular weight is 334 g/mol.